The molecule has 0 aliphatic heterocycles. The summed E-state index contributed by atoms with van der Waals surface area (Å²) in [6, 6.07) is 18.7. The predicted molar refractivity (Wildman–Crippen MR) is 95.7 cm³/mol. The maximum absolute atomic E-state index is 4.71. The minimum atomic E-state index is 0.682. The number of hydrogen-bond acceptors (Lipinski definition) is 4. The predicted octanol–water partition coefficient (Wildman–Crippen LogP) is 5.06. The molecule has 4 heteroatoms. The number of nitrogens with zero attached hydrogens (tertiary/aromatic N) is 3. The van der Waals surface area contributed by atoms with E-state index in [4.69, 9.17) is 4.98 Å². The van der Waals surface area contributed by atoms with E-state index in [2.05, 4.69) is 52.4 Å². The van der Waals surface area contributed by atoms with Crippen LogP contribution in [0, 0.1) is 0 Å². The van der Waals surface area contributed by atoms with Gasteiger partial charge in [-0.2, -0.15) is 0 Å². The van der Waals surface area contributed by atoms with Crippen LogP contribution in [-0.4, -0.2) is 15.0 Å². The van der Waals surface area contributed by atoms with Crippen LogP contribution in [0.15, 0.2) is 67.0 Å². The van der Waals surface area contributed by atoms with Crippen LogP contribution in [0.1, 0.15) is 0 Å². The fourth-order valence-corrected chi connectivity index (χ4v) is 4.10. The first-order valence-corrected chi connectivity index (χ1v) is 8.20. The van der Waals surface area contributed by atoms with Gasteiger partial charge in [-0.3, -0.25) is 4.98 Å². The van der Waals surface area contributed by atoms with Crippen molar-refractivity contribution in [3.05, 3.63) is 67.0 Å². The molecule has 3 aromatic heterocycles. The van der Waals surface area contributed by atoms with E-state index in [1.165, 1.54) is 20.2 Å². The molecule has 0 bridgehead atoms. The van der Waals surface area contributed by atoms with Crippen molar-refractivity contribution in [2.45, 2.75) is 0 Å². The Kier molecular flexibility index (Phi) is 2.66. The van der Waals surface area contributed by atoms with E-state index in [0.29, 0.717) is 5.65 Å². The van der Waals surface area contributed by atoms with E-state index in [1.807, 2.05) is 29.7 Å². The molecule has 2 aromatic carbocycles. The van der Waals surface area contributed by atoms with Crippen LogP contribution in [-0.2, 0) is 0 Å². The van der Waals surface area contributed by atoms with Crippen molar-refractivity contribution >= 4 is 42.7 Å². The molecule has 0 atom stereocenters. The second-order valence-electron chi connectivity index (χ2n) is 5.38. The highest BCUT2D eigenvalue weighted by molar-refractivity contribution is 7.25. The van der Waals surface area contributed by atoms with Crippen molar-refractivity contribution in [3.63, 3.8) is 0 Å². The van der Waals surface area contributed by atoms with Crippen LogP contribution < -0.4 is 0 Å². The number of hydrogen-bond donors (Lipinski definition) is 0. The van der Waals surface area contributed by atoms with Gasteiger partial charge in [-0.25, -0.2) is 9.97 Å². The van der Waals surface area contributed by atoms with Crippen LogP contribution in [0.3, 0.4) is 0 Å². The highest BCUT2D eigenvalue weighted by atomic mass is 32.1. The Balaban J connectivity index is 1.87. The normalized spacial score (nSPS) is 11.5. The third-order valence-electron chi connectivity index (χ3n) is 4.00. The summed E-state index contributed by atoms with van der Waals surface area (Å²) in [6.07, 6.45) is 3.59. The number of pyridine rings is 1. The van der Waals surface area contributed by atoms with Crippen molar-refractivity contribution in [1.82, 2.24) is 15.0 Å². The van der Waals surface area contributed by atoms with E-state index in [9.17, 15) is 0 Å². The zero-order valence-electron chi connectivity index (χ0n) is 12.1. The largest absolute Gasteiger partial charge is 0.251 e. The van der Waals surface area contributed by atoms with Gasteiger partial charge >= 0.3 is 0 Å². The fraction of sp³-hybridized carbons (Fsp3) is 0. The lowest BCUT2D eigenvalue weighted by atomic mass is 10.0. The lowest BCUT2D eigenvalue weighted by Crippen LogP contribution is -1.90. The molecular formula is C19H11N3S. The van der Waals surface area contributed by atoms with Gasteiger partial charge in [0, 0.05) is 31.9 Å². The Hall–Kier alpha value is -2.85. The maximum atomic E-state index is 4.71. The van der Waals surface area contributed by atoms with Gasteiger partial charge in [0.15, 0.2) is 5.65 Å². The summed E-state index contributed by atoms with van der Waals surface area (Å²) in [5, 5.41) is 2.52. The molecule has 0 fully saturated rings. The molecule has 23 heavy (non-hydrogen) atoms. The van der Waals surface area contributed by atoms with E-state index in [1.54, 1.807) is 6.20 Å². The lowest BCUT2D eigenvalue weighted by Gasteiger charge is -2.04. The van der Waals surface area contributed by atoms with Crippen LogP contribution >= 0.6 is 11.3 Å². The molecule has 3 nitrogen and oxygen atoms in total. The topological polar surface area (TPSA) is 38.7 Å². The van der Waals surface area contributed by atoms with Gasteiger partial charge in [-0.1, -0.05) is 30.3 Å². The van der Waals surface area contributed by atoms with E-state index in [-0.39, 0.29) is 0 Å². The van der Waals surface area contributed by atoms with Crippen molar-refractivity contribution in [2.75, 3.05) is 0 Å². The molecule has 108 valence electrons. The summed E-state index contributed by atoms with van der Waals surface area (Å²) >= 11 is 1.81. The van der Waals surface area contributed by atoms with Crippen molar-refractivity contribution in [3.8, 4) is 11.3 Å². The Morgan fingerprint density at radius 2 is 1.70 bits per heavy atom. The average molecular weight is 313 g/mol. The molecule has 0 N–H and O–H groups in total. The number of aromatic nitrogens is 3. The molecular weight excluding hydrogens is 302 g/mol. The molecule has 5 aromatic rings. The second kappa shape index (κ2) is 4.83. The number of fused-ring (bicyclic) bond motifs is 4. The average Bonchev–Trinajstić information content (AvgIpc) is 3.00. The van der Waals surface area contributed by atoms with Gasteiger partial charge in [0.1, 0.15) is 5.52 Å². The summed E-state index contributed by atoms with van der Waals surface area (Å²) in [5.41, 5.74) is 3.48. The summed E-state index contributed by atoms with van der Waals surface area (Å²) in [7, 11) is 0. The molecule has 0 amide bonds. The van der Waals surface area contributed by atoms with Crippen LogP contribution in [0.4, 0.5) is 0 Å². The fourth-order valence-electron chi connectivity index (χ4n) is 2.97. The maximum Gasteiger partial charge on any atom is 0.178 e. The van der Waals surface area contributed by atoms with Crippen molar-refractivity contribution in [1.29, 1.82) is 0 Å². The van der Waals surface area contributed by atoms with Crippen LogP contribution in [0.5, 0.6) is 0 Å². The Morgan fingerprint density at radius 3 is 2.70 bits per heavy atom. The van der Waals surface area contributed by atoms with Gasteiger partial charge < -0.3 is 0 Å². The Bertz CT molecular complexity index is 1180. The summed E-state index contributed by atoms with van der Waals surface area (Å²) in [6.45, 7) is 0. The first kappa shape index (κ1) is 12.7. The molecule has 5 rings (SSSR count). The van der Waals surface area contributed by atoms with E-state index >= 15 is 0 Å². The third kappa shape index (κ3) is 1.92. The van der Waals surface area contributed by atoms with Gasteiger partial charge in [0.25, 0.3) is 0 Å². The number of benzene rings is 2. The van der Waals surface area contributed by atoms with E-state index in [0.717, 1.165) is 16.8 Å². The SMILES string of the molecule is c1cnc2nc(-c3cccc4sc5ccccc5c34)cnc2c1. The van der Waals surface area contributed by atoms with Gasteiger partial charge in [0.2, 0.25) is 0 Å². The minimum absolute atomic E-state index is 0.682. The first-order chi connectivity index (χ1) is 11.4. The third-order valence-corrected chi connectivity index (χ3v) is 5.13. The summed E-state index contributed by atoms with van der Waals surface area (Å²) < 4.78 is 2.56. The van der Waals surface area contributed by atoms with Gasteiger partial charge in [-0.15, -0.1) is 11.3 Å². The number of rotatable bonds is 1. The van der Waals surface area contributed by atoms with Crippen LogP contribution in [0.25, 0.3) is 42.6 Å². The Labute approximate surface area is 136 Å². The van der Waals surface area contributed by atoms with Gasteiger partial charge in [0.05, 0.1) is 11.9 Å². The van der Waals surface area contributed by atoms with Gasteiger partial charge in [-0.05, 0) is 24.3 Å². The minimum Gasteiger partial charge on any atom is -0.251 e. The van der Waals surface area contributed by atoms with Crippen molar-refractivity contribution < 1.29 is 0 Å². The Morgan fingerprint density at radius 1 is 0.783 bits per heavy atom. The molecule has 0 aliphatic carbocycles. The second-order valence-corrected chi connectivity index (χ2v) is 6.46. The standard InChI is InChI=1S/C19H11N3S/c1-2-8-16-13(5-1)18-12(6-3-9-17(18)23-16)15-11-21-14-7-4-10-20-19(14)22-15/h1-11H. The molecule has 0 saturated carbocycles. The molecule has 0 aliphatic rings. The summed E-state index contributed by atoms with van der Waals surface area (Å²) in [5.74, 6) is 0. The summed E-state index contributed by atoms with van der Waals surface area (Å²) in [4.78, 5) is 13.5. The molecule has 0 unspecified atom stereocenters. The monoisotopic (exact) mass is 313 g/mol. The van der Waals surface area contributed by atoms with Crippen LogP contribution in [0.2, 0.25) is 0 Å². The molecule has 3 heterocycles. The zero-order chi connectivity index (χ0) is 15.2. The first-order valence-electron chi connectivity index (χ1n) is 7.38. The lowest BCUT2D eigenvalue weighted by molar-refractivity contribution is 1.23. The number of thiophene rings is 1. The van der Waals surface area contributed by atoms with Crippen molar-refractivity contribution in [2.24, 2.45) is 0 Å². The highest BCUT2D eigenvalue weighted by Gasteiger charge is 2.12. The quantitative estimate of drug-likeness (QED) is 0.434. The zero-order valence-corrected chi connectivity index (χ0v) is 12.9. The highest BCUT2D eigenvalue weighted by Crippen LogP contribution is 2.39. The molecule has 0 radical (unpaired) electrons. The van der Waals surface area contributed by atoms with E-state index < -0.39 is 0 Å². The smallest absolute Gasteiger partial charge is 0.178 e. The molecule has 0 spiro atoms. The molecule has 0 saturated heterocycles.